The molecule has 1 aromatic heterocycles. The number of nitrogens with zero attached hydrogens (tertiary/aromatic N) is 2. The molecule has 0 fully saturated rings. The second-order valence-corrected chi connectivity index (χ2v) is 7.83. The van der Waals surface area contributed by atoms with Crippen molar-refractivity contribution in [2.45, 2.75) is 24.9 Å². The first-order chi connectivity index (χ1) is 13.0. The minimum atomic E-state index is -0.778. The van der Waals surface area contributed by atoms with Crippen LogP contribution in [0.3, 0.4) is 0 Å². The van der Waals surface area contributed by atoms with Gasteiger partial charge in [0.1, 0.15) is 5.54 Å². The van der Waals surface area contributed by atoms with Crippen molar-refractivity contribution >= 4 is 5.91 Å². The van der Waals surface area contributed by atoms with Gasteiger partial charge in [-0.15, -0.1) is 0 Å². The highest BCUT2D eigenvalue weighted by Crippen LogP contribution is 2.59. The van der Waals surface area contributed by atoms with E-state index >= 15 is 0 Å². The molecule has 3 aromatic rings. The number of pyridine rings is 1. The zero-order chi connectivity index (χ0) is 18.8. The lowest BCUT2D eigenvalue weighted by molar-refractivity contribution is 0.0149. The molecule has 134 valence electrons. The molecule has 0 radical (unpaired) electrons. The van der Waals surface area contributed by atoms with Crippen molar-refractivity contribution in [1.82, 2.24) is 9.88 Å². The van der Waals surface area contributed by atoms with Crippen molar-refractivity contribution in [2.24, 2.45) is 0 Å². The Hall–Kier alpha value is -2.98. The van der Waals surface area contributed by atoms with E-state index in [4.69, 9.17) is 0 Å². The molecule has 0 saturated heterocycles. The molecule has 0 unspecified atom stereocenters. The molecule has 2 aliphatic rings. The maximum Gasteiger partial charge on any atom is 0.256 e. The normalized spacial score (nSPS) is 16.4. The van der Waals surface area contributed by atoms with Crippen molar-refractivity contribution in [3.8, 4) is 11.1 Å². The maximum atomic E-state index is 13.6. The highest BCUT2D eigenvalue weighted by Gasteiger charge is 2.60. The fourth-order valence-electron chi connectivity index (χ4n) is 4.81. The smallest absolute Gasteiger partial charge is 0.256 e. The number of carbonyl (C=O) groups is 1. The third kappa shape index (κ3) is 1.81. The van der Waals surface area contributed by atoms with Gasteiger partial charge < -0.3 is 10.0 Å². The third-order valence-corrected chi connectivity index (χ3v) is 5.90. The van der Waals surface area contributed by atoms with Crippen LogP contribution >= 0.6 is 0 Å². The number of hydrogen-bond donors (Lipinski definition) is 1. The summed E-state index contributed by atoms with van der Waals surface area (Å²) < 4.78 is 0. The van der Waals surface area contributed by atoms with Crippen LogP contribution in [0.5, 0.6) is 0 Å². The molecule has 0 bridgehead atoms. The number of aliphatic hydroxyl groups excluding tert-OH is 1. The second kappa shape index (κ2) is 5.27. The summed E-state index contributed by atoms with van der Waals surface area (Å²) in [4.78, 5) is 19.8. The highest BCUT2D eigenvalue weighted by atomic mass is 16.3. The first kappa shape index (κ1) is 16.2. The zero-order valence-electron chi connectivity index (χ0n) is 15.3. The lowest BCUT2D eigenvalue weighted by Crippen LogP contribution is -2.57. The predicted octanol–water partition coefficient (Wildman–Crippen LogP) is 3.58. The summed E-state index contributed by atoms with van der Waals surface area (Å²) >= 11 is 0. The van der Waals surface area contributed by atoms with Gasteiger partial charge in [0, 0.05) is 23.5 Å². The van der Waals surface area contributed by atoms with Crippen LogP contribution in [-0.2, 0) is 5.54 Å². The van der Waals surface area contributed by atoms with Gasteiger partial charge in [-0.2, -0.15) is 0 Å². The Morgan fingerprint density at radius 1 is 0.926 bits per heavy atom. The largest absolute Gasteiger partial charge is 0.394 e. The van der Waals surface area contributed by atoms with Crippen molar-refractivity contribution in [1.29, 1.82) is 0 Å². The Balaban J connectivity index is 1.98. The lowest BCUT2D eigenvalue weighted by Gasteiger charge is -2.46. The fraction of sp³-hybridized carbons (Fsp3) is 0.217. The Kier molecular flexibility index (Phi) is 3.16. The van der Waals surface area contributed by atoms with E-state index in [0.717, 1.165) is 27.8 Å². The van der Waals surface area contributed by atoms with Crippen LogP contribution in [0.15, 0.2) is 67.0 Å². The third-order valence-electron chi connectivity index (χ3n) is 5.90. The number of fused-ring (bicyclic) bond motifs is 7. The SMILES string of the molecule is CC(C)(CO)N1C(=O)c2ccncc2C12c1ccccc1-c1ccccc12. The molecule has 1 aliphatic heterocycles. The van der Waals surface area contributed by atoms with E-state index in [1.54, 1.807) is 18.5 Å². The molecule has 4 heteroatoms. The van der Waals surface area contributed by atoms with Crippen LogP contribution in [0.1, 0.15) is 40.9 Å². The van der Waals surface area contributed by atoms with Crippen molar-refractivity contribution < 1.29 is 9.90 Å². The molecule has 4 nitrogen and oxygen atoms in total. The number of hydrogen-bond acceptors (Lipinski definition) is 3. The standard InChI is InChI=1S/C23H20N2O2/c1-22(2,14-26)25-21(27)17-11-12-24-13-20(17)23(25)18-9-5-3-7-15(18)16-8-4-6-10-19(16)23/h3-13,26H,14H2,1-2H3. The quantitative estimate of drug-likeness (QED) is 0.764. The average Bonchev–Trinajstić information content (AvgIpc) is 3.15. The Labute approximate surface area is 158 Å². The Bertz CT molecular complexity index is 1040. The highest BCUT2D eigenvalue weighted by molar-refractivity contribution is 6.04. The fourth-order valence-corrected chi connectivity index (χ4v) is 4.81. The number of benzene rings is 2. The van der Waals surface area contributed by atoms with E-state index in [9.17, 15) is 9.90 Å². The number of aromatic nitrogens is 1. The number of carbonyl (C=O) groups excluding carboxylic acids is 1. The topological polar surface area (TPSA) is 53.4 Å². The molecular weight excluding hydrogens is 336 g/mol. The van der Waals surface area contributed by atoms with E-state index in [1.807, 2.05) is 43.0 Å². The van der Waals surface area contributed by atoms with Crippen molar-refractivity contribution in [3.05, 3.63) is 89.2 Å². The van der Waals surface area contributed by atoms with Gasteiger partial charge >= 0.3 is 0 Å². The van der Waals surface area contributed by atoms with Gasteiger partial charge in [0.25, 0.3) is 5.91 Å². The van der Waals surface area contributed by atoms with Gasteiger partial charge in [-0.3, -0.25) is 9.78 Å². The molecule has 2 heterocycles. The van der Waals surface area contributed by atoms with Crippen LogP contribution < -0.4 is 0 Å². The first-order valence-corrected chi connectivity index (χ1v) is 9.13. The molecule has 1 amide bonds. The number of amides is 1. The monoisotopic (exact) mass is 356 g/mol. The zero-order valence-corrected chi connectivity index (χ0v) is 15.3. The molecule has 5 rings (SSSR count). The minimum Gasteiger partial charge on any atom is -0.394 e. The molecule has 2 aromatic carbocycles. The maximum absolute atomic E-state index is 13.6. The summed E-state index contributed by atoms with van der Waals surface area (Å²) in [5.41, 5.74) is 4.38. The molecule has 0 saturated carbocycles. The molecular formula is C23H20N2O2. The minimum absolute atomic E-state index is 0.0713. The predicted molar refractivity (Wildman–Crippen MR) is 103 cm³/mol. The van der Waals surface area contributed by atoms with Crippen LogP contribution in [0.2, 0.25) is 0 Å². The Morgan fingerprint density at radius 3 is 2.11 bits per heavy atom. The summed E-state index contributed by atoms with van der Waals surface area (Å²) in [7, 11) is 0. The second-order valence-electron chi connectivity index (χ2n) is 7.83. The molecule has 27 heavy (non-hydrogen) atoms. The van der Waals surface area contributed by atoms with Gasteiger partial charge in [-0.1, -0.05) is 48.5 Å². The van der Waals surface area contributed by atoms with E-state index in [0.29, 0.717) is 5.56 Å². The molecule has 1 spiro atoms. The number of rotatable bonds is 2. The van der Waals surface area contributed by atoms with Crippen molar-refractivity contribution in [3.63, 3.8) is 0 Å². The number of aliphatic hydroxyl groups is 1. The average molecular weight is 356 g/mol. The van der Waals surface area contributed by atoms with E-state index in [2.05, 4.69) is 29.2 Å². The van der Waals surface area contributed by atoms with Crippen LogP contribution in [0.25, 0.3) is 11.1 Å². The first-order valence-electron chi connectivity index (χ1n) is 9.13. The van der Waals surface area contributed by atoms with Gasteiger partial charge in [-0.25, -0.2) is 0 Å². The van der Waals surface area contributed by atoms with Gasteiger partial charge in [0.15, 0.2) is 0 Å². The van der Waals surface area contributed by atoms with E-state index < -0.39 is 11.1 Å². The van der Waals surface area contributed by atoms with Crippen molar-refractivity contribution in [2.75, 3.05) is 6.61 Å². The van der Waals surface area contributed by atoms with E-state index in [-0.39, 0.29) is 12.5 Å². The summed E-state index contributed by atoms with van der Waals surface area (Å²) in [5.74, 6) is -0.0713. The Morgan fingerprint density at radius 2 is 1.52 bits per heavy atom. The summed E-state index contributed by atoms with van der Waals surface area (Å²) in [6, 6.07) is 18.2. The molecule has 1 aliphatic carbocycles. The summed E-state index contributed by atoms with van der Waals surface area (Å²) in [6.07, 6.45) is 3.46. The van der Waals surface area contributed by atoms with Crippen LogP contribution in [0.4, 0.5) is 0 Å². The van der Waals surface area contributed by atoms with Gasteiger partial charge in [0.05, 0.1) is 12.1 Å². The van der Waals surface area contributed by atoms with E-state index in [1.165, 1.54) is 0 Å². The lowest BCUT2D eigenvalue weighted by atomic mass is 9.79. The molecule has 0 atom stereocenters. The summed E-state index contributed by atoms with van der Waals surface area (Å²) in [6.45, 7) is 3.69. The summed E-state index contributed by atoms with van der Waals surface area (Å²) in [5, 5.41) is 10.2. The van der Waals surface area contributed by atoms with Gasteiger partial charge in [0.2, 0.25) is 0 Å². The van der Waals surface area contributed by atoms with Crippen LogP contribution in [-0.4, -0.2) is 33.0 Å². The van der Waals surface area contributed by atoms with Crippen LogP contribution in [0, 0.1) is 0 Å². The van der Waals surface area contributed by atoms with Gasteiger partial charge in [-0.05, 0) is 42.2 Å². The molecule has 1 N–H and O–H groups in total.